The third kappa shape index (κ3) is 6.32. The van der Waals surface area contributed by atoms with Gasteiger partial charge in [0.2, 0.25) is 5.91 Å². The van der Waals surface area contributed by atoms with Crippen molar-refractivity contribution in [1.29, 1.82) is 0 Å². The Morgan fingerprint density at radius 1 is 0.552 bits per heavy atom. The summed E-state index contributed by atoms with van der Waals surface area (Å²) in [5.41, 5.74) is 2.48. The van der Waals surface area contributed by atoms with E-state index in [1.165, 1.54) is 0 Å². The van der Waals surface area contributed by atoms with Gasteiger partial charge in [-0.05, 0) is 36.4 Å². The van der Waals surface area contributed by atoms with Crippen molar-refractivity contribution in [3.8, 4) is 0 Å². The molecule has 0 radical (unpaired) electrons. The van der Waals surface area contributed by atoms with Crippen LogP contribution in [-0.2, 0) is 4.79 Å². The van der Waals surface area contributed by atoms with Crippen LogP contribution in [0.2, 0.25) is 0 Å². The van der Waals surface area contributed by atoms with Gasteiger partial charge in [0, 0.05) is 35.5 Å². The van der Waals surface area contributed by atoms with Crippen LogP contribution in [0.1, 0.15) is 23.2 Å². The van der Waals surface area contributed by atoms with Crippen molar-refractivity contribution in [3.63, 3.8) is 0 Å². The Kier molecular flexibility index (Phi) is 6.73. The zero-order valence-corrected chi connectivity index (χ0v) is 15.7. The second-order valence-corrected chi connectivity index (χ2v) is 6.36. The maximum absolute atomic E-state index is 12.1. The Hall–Kier alpha value is -3.93. The molecule has 0 saturated heterocycles. The number of hydrogen-bond acceptors (Lipinski definition) is 3. The highest BCUT2D eigenvalue weighted by Crippen LogP contribution is 2.15. The van der Waals surface area contributed by atoms with Crippen molar-refractivity contribution in [2.24, 2.45) is 0 Å². The maximum atomic E-state index is 12.1. The third-order valence-electron chi connectivity index (χ3n) is 4.13. The molecule has 3 rings (SSSR count). The summed E-state index contributed by atoms with van der Waals surface area (Å²) in [6.07, 6.45) is 0.252. The van der Waals surface area contributed by atoms with Crippen LogP contribution in [0.4, 0.5) is 21.9 Å². The fraction of sp³-hybridized carbons (Fsp3) is 0.0870. The smallest absolute Gasteiger partial charge is 0.323 e. The standard InChI is InChI=1S/C23H21N3O3/c27-21(17-7-3-1-4-8-17)15-16-22(28)24-19-11-13-20(14-12-19)26-23(29)25-18-9-5-2-6-10-18/h1-14H,15-16H2,(H,24,28)(H2,25,26,29). The number of hydrogen-bond donors (Lipinski definition) is 3. The zero-order chi connectivity index (χ0) is 20.5. The van der Waals surface area contributed by atoms with Crippen molar-refractivity contribution in [3.05, 3.63) is 90.5 Å². The second-order valence-electron chi connectivity index (χ2n) is 6.36. The summed E-state index contributed by atoms with van der Waals surface area (Å²) in [6.45, 7) is 0. The highest BCUT2D eigenvalue weighted by molar-refractivity contribution is 6.01. The molecular weight excluding hydrogens is 366 g/mol. The molecule has 6 heteroatoms. The number of benzene rings is 3. The van der Waals surface area contributed by atoms with Gasteiger partial charge in [-0.3, -0.25) is 9.59 Å². The molecule has 29 heavy (non-hydrogen) atoms. The lowest BCUT2D eigenvalue weighted by Crippen LogP contribution is -2.19. The first-order valence-corrected chi connectivity index (χ1v) is 9.21. The van der Waals surface area contributed by atoms with E-state index in [1.807, 2.05) is 24.3 Å². The molecule has 0 aromatic heterocycles. The van der Waals surface area contributed by atoms with Crippen LogP contribution in [-0.4, -0.2) is 17.7 Å². The molecule has 0 aliphatic rings. The average molecular weight is 387 g/mol. The van der Waals surface area contributed by atoms with Crippen molar-refractivity contribution in [2.75, 3.05) is 16.0 Å². The fourth-order valence-electron chi connectivity index (χ4n) is 2.67. The first-order valence-electron chi connectivity index (χ1n) is 9.21. The summed E-state index contributed by atoms with van der Waals surface area (Å²) in [5, 5.41) is 8.20. The number of carbonyl (C=O) groups is 3. The molecule has 0 spiro atoms. The lowest BCUT2D eigenvalue weighted by molar-refractivity contribution is -0.116. The van der Waals surface area contributed by atoms with Crippen LogP contribution in [0.15, 0.2) is 84.9 Å². The van der Waals surface area contributed by atoms with Crippen molar-refractivity contribution < 1.29 is 14.4 Å². The first kappa shape index (κ1) is 19.8. The van der Waals surface area contributed by atoms with Gasteiger partial charge in [-0.25, -0.2) is 4.79 Å². The van der Waals surface area contributed by atoms with E-state index in [1.54, 1.807) is 60.7 Å². The van der Waals surface area contributed by atoms with Crippen LogP contribution < -0.4 is 16.0 Å². The van der Waals surface area contributed by atoms with Crippen molar-refractivity contribution >= 4 is 34.8 Å². The molecule has 0 bridgehead atoms. The molecule has 6 nitrogen and oxygen atoms in total. The van der Waals surface area contributed by atoms with E-state index in [0.717, 1.165) is 0 Å². The van der Waals surface area contributed by atoms with Gasteiger partial charge >= 0.3 is 6.03 Å². The lowest BCUT2D eigenvalue weighted by atomic mass is 10.1. The number of para-hydroxylation sites is 1. The largest absolute Gasteiger partial charge is 0.326 e. The highest BCUT2D eigenvalue weighted by atomic mass is 16.2. The fourth-order valence-corrected chi connectivity index (χ4v) is 2.67. The van der Waals surface area contributed by atoms with Crippen LogP contribution >= 0.6 is 0 Å². The number of urea groups is 1. The summed E-state index contributed by atoms with van der Waals surface area (Å²) in [7, 11) is 0. The molecule has 0 saturated carbocycles. The van der Waals surface area contributed by atoms with Crippen LogP contribution in [0.5, 0.6) is 0 Å². The van der Waals surface area contributed by atoms with Crippen LogP contribution in [0, 0.1) is 0 Å². The molecule has 3 N–H and O–H groups in total. The van der Waals surface area contributed by atoms with Crippen LogP contribution in [0.3, 0.4) is 0 Å². The van der Waals surface area contributed by atoms with E-state index >= 15 is 0 Å². The second kappa shape index (κ2) is 9.85. The summed E-state index contributed by atoms with van der Waals surface area (Å²) in [6, 6.07) is 24.4. The minimum absolute atomic E-state index is 0.0651. The lowest BCUT2D eigenvalue weighted by Gasteiger charge is -2.09. The number of anilines is 3. The Balaban J connectivity index is 1.45. The Bertz CT molecular complexity index is 971. The molecule has 3 amide bonds. The molecule has 0 aliphatic carbocycles. The number of amides is 3. The number of nitrogens with one attached hydrogen (secondary N) is 3. The van der Waals surface area contributed by atoms with Gasteiger partial charge in [-0.15, -0.1) is 0 Å². The quantitative estimate of drug-likeness (QED) is 0.502. The van der Waals surface area contributed by atoms with E-state index in [4.69, 9.17) is 0 Å². The van der Waals surface area contributed by atoms with Gasteiger partial charge in [0.1, 0.15) is 0 Å². The predicted octanol–water partition coefficient (Wildman–Crippen LogP) is 4.93. The summed E-state index contributed by atoms with van der Waals surface area (Å²) in [4.78, 5) is 36.1. The van der Waals surface area contributed by atoms with E-state index in [2.05, 4.69) is 16.0 Å². The van der Waals surface area contributed by atoms with E-state index in [0.29, 0.717) is 22.6 Å². The average Bonchev–Trinajstić information content (AvgIpc) is 2.75. The van der Waals surface area contributed by atoms with E-state index < -0.39 is 0 Å². The van der Waals surface area contributed by atoms with E-state index in [-0.39, 0.29) is 30.6 Å². The summed E-state index contributed by atoms with van der Waals surface area (Å²) in [5.74, 6) is -0.304. The first-order chi connectivity index (χ1) is 14.1. The summed E-state index contributed by atoms with van der Waals surface area (Å²) >= 11 is 0. The number of rotatable bonds is 7. The third-order valence-corrected chi connectivity index (χ3v) is 4.13. The molecule has 0 atom stereocenters. The van der Waals surface area contributed by atoms with E-state index in [9.17, 15) is 14.4 Å². The maximum Gasteiger partial charge on any atom is 0.323 e. The normalized spacial score (nSPS) is 10.1. The topological polar surface area (TPSA) is 87.3 Å². The summed E-state index contributed by atoms with van der Waals surface area (Å²) < 4.78 is 0. The van der Waals surface area contributed by atoms with Gasteiger partial charge in [0.05, 0.1) is 0 Å². The monoisotopic (exact) mass is 387 g/mol. The minimum Gasteiger partial charge on any atom is -0.326 e. The minimum atomic E-state index is -0.354. The zero-order valence-electron chi connectivity index (χ0n) is 15.7. The number of Topliss-reactive ketones (excluding diaryl/α,β-unsaturated/α-hetero) is 1. The number of ketones is 1. The molecule has 0 unspecified atom stereocenters. The molecule has 0 aliphatic heterocycles. The van der Waals surface area contributed by atoms with Gasteiger partial charge in [0.25, 0.3) is 0 Å². The Labute approximate surface area is 169 Å². The molecule has 0 fully saturated rings. The van der Waals surface area contributed by atoms with Gasteiger partial charge in [0.15, 0.2) is 5.78 Å². The van der Waals surface area contributed by atoms with Crippen LogP contribution in [0.25, 0.3) is 0 Å². The van der Waals surface area contributed by atoms with Gasteiger partial charge in [-0.2, -0.15) is 0 Å². The number of carbonyl (C=O) groups excluding carboxylic acids is 3. The Morgan fingerprint density at radius 2 is 1.03 bits per heavy atom. The molecule has 3 aromatic carbocycles. The Morgan fingerprint density at radius 3 is 1.62 bits per heavy atom. The highest BCUT2D eigenvalue weighted by Gasteiger charge is 2.09. The van der Waals surface area contributed by atoms with Crippen molar-refractivity contribution in [1.82, 2.24) is 0 Å². The molecule has 146 valence electrons. The van der Waals surface area contributed by atoms with Crippen molar-refractivity contribution in [2.45, 2.75) is 12.8 Å². The van der Waals surface area contributed by atoms with Gasteiger partial charge < -0.3 is 16.0 Å². The molecule has 0 heterocycles. The molecule has 3 aromatic rings. The SMILES string of the molecule is O=C(CCC(=O)c1ccccc1)Nc1ccc(NC(=O)Nc2ccccc2)cc1. The molecular formula is C23H21N3O3. The van der Waals surface area contributed by atoms with Gasteiger partial charge in [-0.1, -0.05) is 48.5 Å². The predicted molar refractivity (Wildman–Crippen MR) is 114 cm³/mol.